The minimum absolute atomic E-state index is 0.412. The Balaban J connectivity index is 2.71. The topological polar surface area (TPSA) is 49.6 Å². The molecule has 0 atom stereocenters. The fourth-order valence-electron chi connectivity index (χ4n) is 0.796. The Labute approximate surface area is 71.4 Å². The van der Waals surface area contributed by atoms with Gasteiger partial charge in [0.2, 0.25) is 0 Å². The van der Waals surface area contributed by atoms with Crippen molar-refractivity contribution in [3.63, 3.8) is 0 Å². The monoisotopic (exact) mass is 159 g/mol. The van der Waals surface area contributed by atoms with Crippen molar-refractivity contribution in [2.75, 3.05) is 0 Å². The summed E-state index contributed by atoms with van der Waals surface area (Å²) in [6, 6.07) is 2.02. The predicted molar refractivity (Wildman–Crippen MR) is 46.0 cm³/mol. The van der Waals surface area contributed by atoms with Gasteiger partial charge in [0.15, 0.2) is 0 Å². The molecule has 1 heterocycles. The number of aromatic nitrogens is 2. The maximum absolute atomic E-state index is 8.26. The van der Waals surface area contributed by atoms with Crippen molar-refractivity contribution in [3.8, 4) is 6.07 Å². The van der Waals surface area contributed by atoms with E-state index in [-0.39, 0.29) is 0 Å². The van der Waals surface area contributed by atoms with Gasteiger partial charge < -0.3 is 0 Å². The van der Waals surface area contributed by atoms with Gasteiger partial charge in [0.1, 0.15) is 0 Å². The summed E-state index contributed by atoms with van der Waals surface area (Å²) in [5.41, 5.74) is 1.68. The maximum atomic E-state index is 8.26. The van der Waals surface area contributed by atoms with Gasteiger partial charge in [-0.25, -0.2) is 0 Å². The third kappa shape index (κ3) is 2.51. The van der Waals surface area contributed by atoms with E-state index in [9.17, 15) is 0 Å². The number of aryl methyl sites for hydroxylation is 1. The highest BCUT2D eigenvalue weighted by Gasteiger charge is 1.88. The molecule has 1 rings (SSSR count). The van der Waals surface area contributed by atoms with Crippen LogP contribution in [-0.4, -0.2) is 9.97 Å². The number of nitriles is 1. The first-order valence-electron chi connectivity index (χ1n) is 3.65. The Morgan fingerprint density at radius 2 is 2.42 bits per heavy atom. The molecule has 3 heteroatoms. The summed E-state index contributed by atoms with van der Waals surface area (Å²) in [6.45, 7) is 1.88. The van der Waals surface area contributed by atoms with E-state index in [4.69, 9.17) is 5.26 Å². The molecule has 0 aliphatic rings. The normalized spacial score (nSPS) is 10.0. The van der Waals surface area contributed by atoms with Gasteiger partial charge in [-0.15, -0.1) is 0 Å². The van der Waals surface area contributed by atoms with E-state index in [0.29, 0.717) is 6.42 Å². The minimum atomic E-state index is 0.412. The number of rotatable bonds is 2. The van der Waals surface area contributed by atoms with Crippen molar-refractivity contribution in [2.45, 2.75) is 13.3 Å². The van der Waals surface area contributed by atoms with E-state index in [1.54, 1.807) is 24.5 Å². The molecule has 12 heavy (non-hydrogen) atoms. The zero-order chi connectivity index (χ0) is 8.81. The fourth-order valence-corrected chi connectivity index (χ4v) is 0.796. The van der Waals surface area contributed by atoms with Gasteiger partial charge in [0, 0.05) is 6.20 Å². The van der Waals surface area contributed by atoms with Crippen LogP contribution in [0.3, 0.4) is 0 Å². The lowest BCUT2D eigenvalue weighted by atomic mass is 10.3. The summed E-state index contributed by atoms with van der Waals surface area (Å²) in [5, 5.41) is 8.26. The summed E-state index contributed by atoms with van der Waals surface area (Å²) >= 11 is 0. The lowest BCUT2D eigenvalue weighted by Gasteiger charge is -1.92. The Hall–Kier alpha value is -1.69. The standard InChI is InChI=1S/C9H9N3/c1-8-6-11-7-9(12-8)4-2-3-5-10/h2,4,6-7H,3H2,1H3. The molecule has 60 valence electrons. The van der Waals surface area contributed by atoms with Crippen LogP contribution >= 0.6 is 0 Å². The summed E-state index contributed by atoms with van der Waals surface area (Å²) in [7, 11) is 0. The van der Waals surface area contributed by atoms with Gasteiger partial charge in [-0.2, -0.15) is 5.26 Å². The third-order valence-corrected chi connectivity index (χ3v) is 1.27. The molecular weight excluding hydrogens is 150 g/mol. The van der Waals surface area contributed by atoms with Crippen molar-refractivity contribution in [2.24, 2.45) is 0 Å². The summed E-state index contributed by atoms with van der Waals surface area (Å²) < 4.78 is 0. The van der Waals surface area contributed by atoms with Gasteiger partial charge in [0.25, 0.3) is 0 Å². The first kappa shape index (κ1) is 8.41. The molecule has 0 radical (unpaired) electrons. The first-order valence-corrected chi connectivity index (χ1v) is 3.65. The molecule has 0 aliphatic heterocycles. The molecule has 0 spiro atoms. The van der Waals surface area contributed by atoms with Crippen LogP contribution in [0.5, 0.6) is 0 Å². The summed E-state index contributed by atoms with van der Waals surface area (Å²) in [6.07, 6.45) is 7.34. The highest BCUT2D eigenvalue weighted by molar-refractivity contribution is 5.43. The molecule has 0 saturated carbocycles. The van der Waals surface area contributed by atoms with Crippen LogP contribution in [0.2, 0.25) is 0 Å². The average molecular weight is 159 g/mol. The van der Waals surface area contributed by atoms with Crippen molar-refractivity contribution >= 4 is 6.08 Å². The second-order valence-corrected chi connectivity index (χ2v) is 2.35. The zero-order valence-corrected chi connectivity index (χ0v) is 6.86. The number of allylic oxidation sites excluding steroid dienone is 1. The van der Waals surface area contributed by atoms with Gasteiger partial charge in [-0.3, -0.25) is 9.97 Å². The Morgan fingerprint density at radius 1 is 1.58 bits per heavy atom. The predicted octanol–water partition coefficient (Wildman–Crippen LogP) is 1.71. The molecule has 0 amide bonds. The van der Waals surface area contributed by atoms with Crippen LogP contribution in [0.1, 0.15) is 17.8 Å². The SMILES string of the molecule is Cc1cncc(C=CCC#N)n1. The largest absolute Gasteiger partial charge is 0.261 e. The van der Waals surface area contributed by atoms with E-state index in [1.807, 2.05) is 13.0 Å². The number of hydrogen-bond acceptors (Lipinski definition) is 3. The van der Waals surface area contributed by atoms with Crippen molar-refractivity contribution < 1.29 is 0 Å². The van der Waals surface area contributed by atoms with Gasteiger partial charge in [0.05, 0.1) is 30.1 Å². The smallest absolute Gasteiger partial charge is 0.0813 e. The molecule has 1 aromatic rings. The van der Waals surface area contributed by atoms with Crippen LogP contribution < -0.4 is 0 Å². The molecule has 0 unspecified atom stereocenters. The Bertz CT molecular complexity index is 323. The second-order valence-electron chi connectivity index (χ2n) is 2.35. The first-order chi connectivity index (χ1) is 5.83. The molecule has 0 aromatic carbocycles. The lowest BCUT2D eigenvalue weighted by molar-refractivity contribution is 1.10. The highest BCUT2D eigenvalue weighted by atomic mass is 14.8. The highest BCUT2D eigenvalue weighted by Crippen LogP contribution is 1.97. The van der Waals surface area contributed by atoms with Crippen LogP contribution in [0, 0.1) is 18.3 Å². The lowest BCUT2D eigenvalue weighted by Crippen LogP contribution is -1.86. The quantitative estimate of drug-likeness (QED) is 0.660. The molecule has 0 saturated heterocycles. The summed E-state index contributed by atoms with van der Waals surface area (Å²) in [4.78, 5) is 8.15. The minimum Gasteiger partial charge on any atom is -0.261 e. The van der Waals surface area contributed by atoms with Gasteiger partial charge >= 0.3 is 0 Å². The van der Waals surface area contributed by atoms with E-state index in [2.05, 4.69) is 9.97 Å². The summed E-state index contributed by atoms with van der Waals surface area (Å²) in [5.74, 6) is 0. The average Bonchev–Trinajstić information content (AvgIpc) is 2.05. The zero-order valence-electron chi connectivity index (χ0n) is 6.86. The third-order valence-electron chi connectivity index (χ3n) is 1.27. The molecule has 3 nitrogen and oxygen atoms in total. The van der Waals surface area contributed by atoms with Crippen LogP contribution in [0.4, 0.5) is 0 Å². The van der Waals surface area contributed by atoms with Crippen LogP contribution in [0.15, 0.2) is 18.5 Å². The molecule has 0 fully saturated rings. The van der Waals surface area contributed by atoms with E-state index < -0.39 is 0 Å². The molecule has 0 bridgehead atoms. The Kier molecular flexibility index (Phi) is 2.97. The molecular formula is C9H9N3. The van der Waals surface area contributed by atoms with E-state index >= 15 is 0 Å². The number of hydrogen-bond donors (Lipinski definition) is 0. The fraction of sp³-hybridized carbons (Fsp3) is 0.222. The molecule has 0 N–H and O–H groups in total. The van der Waals surface area contributed by atoms with Gasteiger partial charge in [-0.05, 0) is 13.0 Å². The van der Waals surface area contributed by atoms with Crippen molar-refractivity contribution in [1.82, 2.24) is 9.97 Å². The van der Waals surface area contributed by atoms with Crippen LogP contribution in [-0.2, 0) is 0 Å². The maximum Gasteiger partial charge on any atom is 0.0813 e. The second kappa shape index (κ2) is 4.24. The molecule has 1 aromatic heterocycles. The number of nitrogens with zero attached hydrogens (tertiary/aromatic N) is 3. The van der Waals surface area contributed by atoms with Crippen LogP contribution in [0.25, 0.3) is 6.08 Å². The van der Waals surface area contributed by atoms with E-state index in [0.717, 1.165) is 11.4 Å². The Morgan fingerprint density at radius 3 is 3.08 bits per heavy atom. The van der Waals surface area contributed by atoms with E-state index in [1.165, 1.54) is 0 Å². The van der Waals surface area contributed by atoms with Crippen molar-refractivity contribution in [1.29, 1.82) is 5.26 Å². The van der Waals surface area contributed by atoms with Crippen molar-refractivity contribution in [3.05, 3.63) is 29.9 Å². The molecule has 0 aliphatic carbocycles. The van der Waals surface area contributed by atoms with Gasteiger partial charge in [-0.1, -0.05) is 6.08 Å².